The Bertz CT molecular complexity index is 1260. The van der Waals surface area contributed by atoms with Crippen LogP contribution in [-0.4, -0.2) is 36.3 Å². The van der Waals surface area contributed by atoms with Crippen molar-refractivity contribution in [1.82, 2.24) is 30.4 Å². The molecule has 2 heterocycles. The molecule has 1 N–H and O–H groups in total. The van der Waals surface area contributed by atoms with E-state index in [9.17, 15) is 4.79 Å². The molecule has 4 rings (SSSR count). The zero-order valence-electron chi connectivity index (χ0n) is 18.9. The van der Waals surface area contributed by atoms with Crippen molar-refractivity contribution in [1.29, 1.82) is 0 Å². The predicted molar refractivity (Wildman–Crippen MR) is 128 cm³/mol. The number of tetrazole rings is 1. The van der Waals surface area contributed by atoms with Gasteiger partial charge in [-0.3, -0.25) is 4.79 Å². The van der Waals surface area contributed by atoms with E-state index in [1.807, 2.05) is 28.9 Å². The SMILES string of the molecule is CCCCC(=O)N=c1sc(CCC)nn1Cc1ccc(-c2ccccc2-c2nn[nH]n2)cc1. The molecule has 0 fully saturated rings. The van der Waals surface area contributed by atoms with Crippen LogP contribution in [0.25, 0.3) is 22.5 Å². The summed E-state index contributed by atoms with van der Waals surface area (Å²) in [7, 11) is 0. The lowest BCUT2D eigenvalue weighted by Crippen LogP contribution is -2.19. The number of amides is 1. The summed E-state index contributed by atoms with van der Waals surface area (Å²) in [5.41, 5.74) is 4.11. The third-order valence-electron chi connectivity index (χ3n) is 5.20. The fourth-order valence-electron chi connectivity index (χ4n) is 3.51. The van der Waals surface area contributed by atoms with E-state index in [1.165, 1.54) is 11.3 Å². The number of rotatable bonds is 9. The minimum atomic E-state index is -0.0780. The Labute approximate surface area is 196 Å². The molecule has 0 aliphatic rings. The number of H-pyrrole nitrogens is 1. The number of hydrogen-bond donors (Lipinski definition) is 1. The van der Waals surface area contributed by atoms with Gasteiger partial charge in [0.15, 0.2) is 0 Å². The molecule has 0 radical (unpaired) electrons. The van der Waals surface area contributed by atoms with Gasteiger partial charge in [-0.2, -0.15) is 15.3 Å². The van der Waals surface area contributed by atoms with Crippen LogP contribution in [0, 0.1) is 0 Å². The molecule has 0 saturated carbocycles. The summed E-state index contributed by atoms with van der Waals surface area (Å²) in [5, 5.41) is 20.2. The van der Waals surface area contributed by atoms with Crippen molar-refractivity contribution in [2.24, 2.45) is 4.99 Å². The van der Waals surface area contributed by atoms with Gasteiger partial charge in [0, 0.05) is 18.4 Å². The predicted octanol–water partition coefficient (Wildman–Crippen LogP) is 4.41. The average molecular weight is 462 g/mol. The van der Waals surface area contributed by atoms with Crippen LogP contribution in [0.3, 0.4) is 0 Å². The third-order valence-corrected chi connectivity index (χ3v) is 6.21. The summed E-state index contributed by atoms with van der Waals surface area (Å²) in [6, 6.07) is 16.3. The Hall–Kier alpha value is -3.46. The quantitative estimate of drug-likeness (QED) is 0.398. The van der Waals surface area contributed by atoms with Gasteiger partial charge in [0.2, 0.25) is 16.5 Å². The van der Waals surface area contributed by atoms with Gasteiger partial charge in [-0.15, -0.1) is 10.2 Å². The Balaban J connectivity index is 1.59. The largest absolute Gasteiger partial charge is 0.273 e. The molecular formula is C24H27N7OS. The number of aromatic nitrogens is 6. The molecule has 4 aromatic rings. The number of carbonyl (C=O) groups excluding carboxylic acids is 1. The summed E-state index contributed by atoms with van der Waals surface area (Å²) >= 11 is 1.51. The summed E-state index contributed by atoms with van der Waals surface area (Å²) in [6.07, 6.45) is 4.20. The molecule has 0 saturated heterocycles. The maximum absolute atomic E-state index is 12.3. The zero-order chi connectivity index (χ0) is 23.0. The lowest BCUT2D eigenvalue weighted by atomic mass is 9.98. The Morgan fingerprint density at radius 2 is 1.85 bits per heavy atom. The molecule has 33 heavy (non-hydrogen) atoms. The first-order chi connectivity index (χ1) is 16.2. The first-order valence-corrected chi connectivity index (χ1v) is 12.1. The molecule has 1 amide bonds. The van der Waals surface area contributed by atoms with E-state index in [0.717, 1.165) is 52.9 Å². The molecule has 8 nitrogen and oxygen atoms in total. The van der Waals surface area contributed by atoms with E-state index in [4.69, 9.17) is 5.10 Å². The Kier molecular flexibility index (Phi) is 7.51. The first kappa shape index (κ1) is 22.7. The second-order valence-corrected chi connectivity index (χ2v) is 8.81. The second-order valence-electron chi connectivity index (χ2n) is 7.77. The van der Waals surface area contributed by atoms with Crippen LogP contribution in [0.5, 0.6) is 0 Å². The van der Waals surface area contributed by atoms with Crippen LogP contribution < -0.4 is 4.80 Å². The molecule has 2 aromatic carbocycles. The van der Waals surface area contributed by atoms with Gasteiger partial charge in [0.05, 0.1) is 6.54 Å². The van der Waals surface area contributed by atoms with Crippen molar-refractivity contribution in [2.45, 2.75) is 52.5 Å². The zero-order valence-corrected chi connectivity index (χ0v) is 19.7. The van der Waals surface area contributed by atoms with Crippen molar-refractivity contribution in [3.63, 3.8) is 0 Å². The number of nitrogens with one attached hydrogen (secondary N) is 1. The smallest absolute Gasteiger partial charge is 0.248 e. The maximum atomic E-state index is 12.3. The van der Waals surface area contributed by atoms with E-state index >= 15 is 0 Å². The van der Waals surface area contributed by atoms with E-state index < -0.39 is 0 Å². The van der Waals surface area contributed by atoms with E-state index in [0.29, 0.717) is 23.6 Å². The van der Waals surface area contributed by atoms with Gasteiger partial charge in [0.25, 0.3) is 0 Å². The van der Waals surface area contributed by atoms with Crippen LogP contribution in [0.4, 0.5) is 0 Å². The minimum absolute atomic E-state index is 0.0780. The fraction of sp³-hybridized carbons (Fsp3) is 0.333. The van der Waals surface area contributed by atoms with Gasteiger partial charge in [-0.1, -0.05) is 80.1 Å². The van der Waals surface area contributed by atoms with Gasteiger partial charge < -0.3 is 0 Å². The Morgan fingerprint density at radius 3 is 2.55 bits per heavy atom. The average Bonchev–Trinajstić information content (AvgIpc) is 3.49. The number of aryl methyl sites for hydroxylation is 1. The van der Waals surface area contributed by atoms with Gasteiger partial charge in [-0.05, 0) is 34.7 Å². The molecule has 0 spiro atoms. The number of nitrogens with zero attached hydrogens (tertiary/aromatic N) is 6. The number of benzene rings is 2. The van der Waals surface area contributed by atoms with Crippen LogP contribution in [-0.2, 0) is 17.8 Å². The highest BCUT2D eigenvalue weighted by Gasteiger charge is 2.11. The standard InChI is InChI=1S/C24H27N7OS/c1-3-5-11-21(32)25-24-31(28-22(33-24)8-4-2)16-17-12-14-18(15-13-17)19-9-6-7-10-20(19)23-26-29-30-27-23/h6-7,9-10,12-15H,3-5,8,11,16H2,1-2H3,(H,26,27,29,30). The highest BCUT2D eigenvalue weighted by atomic mass is 32.1. The van der Waals surface area contributed by atoms with Crippen LogP contribution >= 0.6 is 11.3 Å². The molecule has 0 aliphatic carbocycles. The van der Waals surface area contributed by atoms with E-state index in [1.54, 1.807) is 0 Å². The first-order valence-electron chi connectivity index (χ1n) is 11.2. The molecule has 0 bridgehead atoms. The summed E-state index contributed by atoms with van der Waals surface area (Å²) in [5.74, 6) is 0.487. The monoisotopic (exact) mass is 461 g/mol. The van der Waals surface area contributed by atoms with Crippen LogP contribution in [0.15, 0.2) is 53.5 Å². The lowest BCUT2D eigenvalue weighted by molar-refractivity contribution is -0.118. The molecule has 9 heteroatoms. The number of aromatic amines is 1. The fourth-order valence-corrected chi connectivity index (χ4v) is 4.53. The highest BCUT2D eigenvalue weighted by Crippen LogP contribution is 2.29. The lowest BCUT2D eigenvalue weighted by Gasteiger charge is -2.08. The van der Waals surface area contributed by atoms with Crippen LogP contribution in [0.2, 0.25) is 0 Å². The van der Waals surface area contributed by atoms with Gasteiger partial charge >= 0.3 is 0 Å². The molecule has 0 atom stereocenters. The van der Waals surface area contributed by atoms with Crippen molar-refractivity contribution < 1.29 is 4.79 Å². The van der Waals surface area contributed by atoms with Crippen LogP contribution in [0.1, 0.15) is 50.1 Å². The van der Waals surface area contributed by atoms with E-state index in [-0.39, 0.29) is 5.91 Å². The number of hydrogen-bond acceptors (Lipinski definition) is 6. The van der Waals surface area contributed by atoms with E-state index in [2.05, 4.69) is 63.7 Å². The van der Waals surface area contributed by atoms with Gasteiger partial charge in [-0.25, -0.2) is 4.68 Å². The van der Waals surface area contributed by atoms with Crippen molar-refractivity contribution >= 4 is 17.2 Å². The molecular weight excluding hydrogens is 434 g/mol. The highest BCUT2D eigenvalue weighted by molar-refractivity contribution is 7.08. The maximum Gasteiger partial charge on any atom is 0.248 e. The topological polar surface area (TPSA) is 102 Å². The third kappa shape index (κ3) is 5.67. The molecule has 2 aromatic heterocycles. The number of unbranched alkanes of at least 4 members (excludes halogenated alkanes) is 1. The summed E-state index contributed by atoms with van der Waals surface area (Å²) in [4.78, 5) is 17.3. The molecule has 170 valence electrons. The van der Waals surface area contributed by atoms with Crippen molar-refractivity contribution in [2.75, 3.05) is 0 Å². The van der Waals surface area contributed by atoms with Crippen molar-refractivity contribution in [3.05, 3.63) is 63.9 Å². The Morgan fingerprint density at radius 1 is 1.06 bits per heavy atom. The molecule has 0 aliphatic heterocycles. The van der Waals surface area contributed by atoms with Crippen molar-refractivity contribution in [3.8, 4) is 22.5 Å². The summed E-state index contributed by atoms with van der Waals surface area (Å²) in [6.45, 7) is 4.76. The normalized spacial score (nSPS) is 11.8. The summed E-state index contributed by atoms with van der Waals surface area (Å²) < 4.78 is 1.85. The minimum Gasteiger partial charge on any atom is -0.273 e. The van der Waals surface area contributed by atoms with Gasteiger partial charge in [0.1, 0.15) is 5.01 Å². The second kappa shape index (κ2) is 10.9. The molecule has 0 unspecified atom stereocenters. The number of carbonyl (C=O) groups is 1.